The van der Waals surface area contributed by atoms with Gasteiger partial charge in [-0.2, -0.15) is 0 Å². The highest BCUT2D eigenvalue weighted by Crippen LogP contribution is 2.13. The molecule has 1 saturated heterocycles. The van der Waals surface area contributed by atoms with E-state index in [1.54, 1.807) is 18.2 Å². The minimum atomic E-state index is -0.356. The smallest absolute Gasteiger partial charge is 0.330 e. The molecule has 0 N–H and O–H groups in total. The van der Waals surface area contributed by atoms with Crippen molar-refractivity contribution in [3.05, 3.63) is 40.9 Å². The lowest BCUT2D eigenvalue weighted by Gasteiger charge is -2.08. The number of carbonyl (C=O) groups is 1. The van der Waals surface area contributed by atoms with Gasteiger partial charge >= 0.3 is 5.97 Å². The fourth-order valence-electron chi connectivity index (χ4n) is 1.77. The maximum absolute atomic E-state index is 11.5. The van der Waals surface area contributed by atoms with Gasteiger partial charge in [-0.1, -0.05) is 23.7 Å². The molecule has 0 radical (unpaired) electrons. The van der Waals surface area contributed by atoms with Gasteiger partial charge in [0.1, 0.15) is 6.61 Å². The number of esters is 1. The van der Waals surface area contributed by atoms with Crippen LogP contribution in [-0.4, -0.2) is 25.3 Å². The number of rotatable bonds is 4. The Kier molecular flexibility index (Phi) is 4.79. The van der Waals surface area contributed by atoms with Crippen LogP contribution in [0, 0.1) is 0 Å². The molecule has 1 heterocycles. The van der Waals surface area contributed by atoms with Crippen molar-refractivity contribution in [2.45, 2.75) is 18.9 Å². The average molecular weight is 267 g/mol. The van der Waals surface area contributed by atoms with E-state index >= 15 is 0 Å². The van der Waals surface area contributed by atoms with Crippen LogP contribution < -0.4 is 0 Å². The molecule has 1 aliphatic heterocycles. The number of halogens is 1. The molecule has 1 aliphatic rings. The summed E-state index contributed by atoms with van der Waals surface area (Å²) < 4.78 is 10.5. The van der Waals surface area contributed by atoms with Gasteiger partial charge in [0.15, 0.2) is 0 Å². The van der Waals surface area contributed by atoms with Crippen molar-refractivity contribution in [1.29, 1.82) is 0 Å². The van der Waals surface area contributed by atoms with Gasteiger partial charge in [-0.15, -0.1) is 0 Å². The van der Waals surface area contributed by atoms with Gasteiger partial charge in [0.2, 0.25) is 0 Å². The Hall–Kier alpha value is -1.32. The van der Waals surface area contributed by atoms with Crippen LogP contribution in [0.15, 0.2) is 30.3 Å². The lowest BCUT2D eigenvalue weighted by Crippen LogP contribution is -2.16. The molecule has 0 aliphatic carbocycles. The summed E-state index contributed by atoms with van der Waals surface area (Å²) in [6.45, 7) is 1.10. The van der Waals surface area contributed by atoms with Crippen LogP contribution >= 0.6 is 11.6 Å². The van der Waals surface area contributed by atoms with Crippen molar-refractivity contribution in [2.24, 2.45) is 0 Å². The minimum Gasteiger partial charge on any atom is -0.460 e. The lowest BCUT2D eigenvalue weighted by molar-refractivity contribution is -0.140. The maximum atomic E-state index is 11.5. The summed E-state index contributed by atoms with van der Waals surface area (Å²) in [7, 11) is 0. The van der Waals surface area contributed by atoms with Crippen molar-refractivity contribution in [3.63, 3.8) is 0 Å². The molecule has 18 heavy (non-hydrogen) atoms. The molecule has 3 nitrogen and oxygen atoms in total. The predicted octanol–water partition coefficient (Wildman–Crippen LogP) is 3.08. The summed E-state index contributed by atoms with van der Waals surface area (Å²) >= 11 is 5.84. The second-order valence-corrected chi connectivity index (χ2v) is 4.59. The van der Waals surface area contributed by atoms with E-state index in [-0.39, 0.29) is 12.1 Å². The largest absolute Gasteiger partial charge is 0.460 e. The molecule has 96 valence electrons. The molecular formula is C14H15ClO3. The summed E-state index contributed by atoms with van der Waals surface area (Å²) in [5, 5.41) is 0.643. The van der Waals surface area contributed by atoms with Crippen molar-refractivity contribution in [1.82, 2.24) is 0 Å². The first kappa shape index (κ1) is 13.1. The molecular weight excluding hydrogens is 252 g/mol. The Morgan fingerprint density at radius 1 is 1.56 bits per heavy atom. The molecule has 0 amide bonds. The van der Waals surface area contributed by atoms with E-state index in [1.807, 2.05) is 12.1 Å². The zero-order chi connectivity index (χ0) is 12.8. The molecule has 0 bridgehead atoms. The molecule has 1 unspecified atom stereocenters. The zero-order valence-electron chi connectivity index (χ0n) is 9.97. The van der Waals surface area contributed by atoms with Gasteiger partial charge in [0.05, 0.1) is 6.10 Å². The number of hydrogen-bond acceptors (Lipinski definition) is 3. The Morgan fingerprint density at radius 3 is 3.17 bits per heavy atom. The number of carbonyl (C=O) groups excluding carboxylic acids is 1. The highest BCUT2D eigenvalue weighted by molar-refractivity contribution is 6.30. The van der Waals surface area contributed by atoms with Crippen LogP contribution in [0.2, 0.25) is 5.02 Å². The third kappa shape index (κ3) is 4.17. The quantitative estimate of drug-likeness (QED) is 0.621. The number of benzene rings is 1. The Labute approximate surface area is 111 Å². The monoisotopic (exact) mass is 266 g/mol. The van der Waals surface area contributed by atoms with Crippen molar-refractivity contribution in [3.8, 4) is 0 Å². The molecule has 1 fully saturated rings. The van der Waals surface area contributed by atoms with Gasteiger partial charge < -0.3 is 9.47 Å². The van der Waals surface area contributed by atoms with E-state index in [0.717, 1.165) is 25.0 Å². The van der Waals surface area contributed by atoms with Crippen molar-refractivity contribution >= 4 is 23.6 Å². The lowest BCUT2D eigenvalue weighted by atomic mass is 10.2. The van der Waals surface area contributed by atoms with Crippen LogP contribution in [0.3, 0.4) is 0 Å². The Bertz CT molecular complexity index is 436. The van der Waals surface area contributed by atoms with Crippen molar-refractivity contribution < 1.29 is 14.3 Å². The maximum Gasteiger partial charge on any atom is 0.330 e. The third-order valence-electron chi connectivity index (χ3n) is 2.70. The zero-order valence-corrected chi connectivity index (χ0v) is 10.7. The first-order valence-electron chi connectivity index (χ1n) is 5.96. The predicted molar refractivity (Wildman–Crippen MR) is 70.4 cm³/mol. The van der Waals surface area contributed by atoms with E-state index in [0.29, 0.717) is 11.6 Å². The fourth-order valence-corrected chi connectivity index (χ4v) is 1.97. The van der Waals surface area contributed by atoms with Crippen LogP contribution in [0.4, 0.5) is 0 Å². The van der Waals surface area contributed by atoms with Crippen LogP contribution in [-0.2, 0) is 14.3 Å². The van der Waals surface area contributed by atoms with Crippen LogP contribution in [0.1, 0.15) is 18.4 Å². The number of ether oxygens (including phenoxy) is 2. The summed E-state index contributed by atoms with van der Waals surface area (Å²) in [6, 6.07) is 7.27. The topological polar surface area (TPSA) is 35.5 Å². The summed E-state index contributed by atoms with van der Waals surface area (Å²) in [4.78, 5) is 11.5. The normalized spacial score (nSPS) is 19.3. The van der Waals surface area contributed by atoms with Crippen LogP contribution in [0.25, 0.3) is 6.08 Å². The molecule has 1 atom stereocenters. The Morgan fingerprint density at radius 2 is 2.44 bits per heavy atom. The van der Waals surface area contributed by atoms with E-state index < -0.39 is 0 Å². The molecule has 0 spiro atoms. The van der Waals surface area contributed by atoms with Gasteiger partial charge in [-0.25, -0.2) is 4.79 Å². The highest BCUT2D eigenvalue weighted by Gasteiger charge is 2.16. The summed E-state index contributed by atoms with van der Waals surface area (Å²) in [6.07, 6.45) is 5.16. The van der Waals surface area contributed by atoms with Crippen molar-refractivity contribution in [2.75, 3.05) is 13.2 Å². The summed E-state index contributed by atoms with van der Waals surface area (Å²) in [5.74, 6) is -0.356. The van der Waals surface area contributed by atoms with Gasteiger partial charge in [0.25, 0.3) is 0 Å². The molecule has 1 aromatic rings. The molecule has 0 saturated carbocycles. The van der Waals surface area contributed by atoms with Gasteiger partial charge in [-0.3, -0.25) is 0 Å². The standard InChI is InChI=1S/C14H15ClO3/c15-12-4-1-3-11(9-12)6-7-14(16)18-10-13-5-2-8-17-13/h1,3-4,6-7,9,13H,2,5,8,10H2. The van der Waals surface area contributed by atoms with Gasteiger partial charge in [0, 0.05) is 17.7 Å². The van der Waals surface area contributed by atoms with E-state index in [1.165, 1.54) is 6.08 Å². The fraction of sp³-hybridized carbons (Fsp3) is 0.357. The van der Waals surface area contributed by atoms with E-state index in [4.69, 9.17) is 21.1 Å². The second kappa shape index (κ2) is 6.57. The average Bonchev–Trinajstić information content (AvgIpc) is 2.87. The third-order valence-corrected chi connectivity index (χ3v) is 2.93. The van der Waals surface area contributed by atoms with E-state index in [9.17, 15) is 4.79 Å². The molecule has 0 aromatic heterocycles. The minimum absolute atomic E-state index is 0.0634. The van der Waals surface area contributed by atoms with E-state index in [2.05, 4.69) is 0 Å². The van der Waals surface area contributed by atoms with Crippen LogP contribution in [0.5, 0.6) is 0 Å². The Balaban J connectivity index is 1.79. The van der Waals surface area contributed by atoms with Gasteiger partial charge in [-0.05, 0) is 36.6 Å². The first-order valence-corrected chi connectivity index (χ1v) is 6.34. The summed E-state index contributed by atoms with van der Waals surface area (Å²) in [5.41, 5.74) is 0.872. The number of hydrogen-bond donors (Lipinski definition) is 0. The SMILES string of the molecule is O=C(C=Cc1cccc(Cl)c1)OCC1CCCO1. The molecule has 2 rings (SSSR count). The molecule has 4 heteroatoms. The second-order valence-electron chi connectivity index (χ2n) is 4.15. The molecule has 1 aromatic carbocycles. The first-order chi connectivity index (χ1) is 8.74. The highest BCUT2D eigenvalue weighted by atomic mass is 35.5.